The Morgan fingerprint density at radius 1 is 1.00 bits per heavy atom. The Labute approximate surface area is 140 Å². The fourth-order valence-electron chi connectivity index (χ4n) is 2.36. The van der Waals surface area contributed by atoms with E-state index in [1.165, 1.54) is 25.3 Å². The number of halogens is 2. The van der Waals surface area contributed by atoms with Gasteiger partial charge in [0.2, 0.25) is 0 Å². The minimum atomic E-state index is -0.700. The van der Waals surface area contributed by atoms with Crippen LogP contribution in [0.5, 0.6) is 17.2 Å². The van der Waals surface area contributed by atoms with Crippen LogP contribution >= 0.6 is 0 Å². The van der Waals surface area contributed by atoms with Crippen molar-refractivity contribution in [2.75, 3.05) is 13.7 Å². The van der Waals surface area contributed by atoms with Gasteiger partial charge >= 0.3 is 0 Å². The van der Waals surface area contributed by atoms with Gasteiger partial charge in [0.15, 0.2) is 28.9 Å². The van der Waals surface area contributed by atoms with Crippen LogP contribution in [0, 0.1) is 11.6 Å². The van der Waals surface area contributed by atoms with Crippen molar-refractivity contribution in [1.29, 1.82) is 0 Å². The predicted molar refractivity (Wildman–Crippen MR) is 89.0 cm³/mol. The van der Waals surface area contributed by atoms with Crippen LogP contribution in [-0.4, -0.2) is 18.8 Å². The summed E-state index contributed by atoms with van der Waals surface area (Å²) in [4.78, 5) is 0. The van der Waals surface area contributed by atoms with Crippen LogP contribution in [0.3, 0.4) is 0 Å². The lowest BCUT2D eigenvalue weighted by Crippen LogP contribution is -2.10. The number of aromatic hydroxyl groups is 1. The molecule has 2 rings (SSSR count). The van der Waals surface area contributed by atoms with Crippen molar-refractivity contribution < 1.29 is 23.4 Å². The second-order valence-electron chi connectivity index (χ2n) is 6.11. The van der Waals surface area contributed by atoms with Crippen molar-refractivity contribution in [3.63, 3.8) is 0 Å². The molecule has 1 atom stereocenters. The molecule has 3 nitrogen and oxygen atoms in total. The molecule has 0 aliphatic rings. The van der Waals surface area contributed by atoms with Crippen molar-refractivity contribution in [2.24, 2.45) is 0 Å². The molecule has 130 valence electrons. The SMILES string of the molecule is COc1cc(C(C)COc2c(F)cc(C(C)C)cc2F)ccc1O. The molecule has 1 unspecified atom stereocenters. The van der Waals surface area contributed by atoms with Gasteiger partial charge in [-0.25, -0.2) is 8.78 Å². The quantitative estimate of drug-likeness (QED) is 0.808. The molecule has 0 aliphatic heterocycles. The van der Waals surface area contributed by atoms with Crippen LogP contribution in [0.2, 0.25) is 0 Å². The maximum Gasteiger partial charge on any atom is 0.190 e. The zero-order valence-corrected chi connectivity index (χ0v) is 14.3. The lowest BCUT2D eigenvalue weighted by Gasteiger charge is -2.16. The van der Waals surface area contributed by atoms with Gasteiger partial charge in [0.1, 0.15) is 0 Å². The van der Waals surface area contributed by atoms with E-state index in [0.29, 0.717) is 11.3 Å². The molecule has 0 aromatic heterocycles. The predicted octanol–water partition coefficient (Wildman–Crippen LogP) is 4.98. The number of phenolic OH excluding ortho intramolecular Hbond substituents is 1. The summed E-state index contributed by atoms with van der Waals surface area (Å²) < 4.78 is 38.6. The molecular weight excluding hydrogens is 314 g/mol. The van der Waals surface area contributed by atoms with Gasteiger partial charge in [-0.2, -0.15) is 0 Å². The first-order chi connectivity index (χ1) is 11.3. The molecule has 0 bridgehead atoms. The summed E-state index contributed by atoms with van der Waals surface area (Å²) >= 11 is 0. The smallest absolute Gasteiger partial charge is 0.190 e. The zero-order chi connectivity index (χ0) is 17.9. The molecule has 0 spiro atoms. The van der Waals surface area contributed by atoms with Crippen LogP contribution in [0.25, 0.3) is 0 Å². The van der Waals surface area contributed by atoms with Crippen LogP contribution in [0.15, 0.2) is 30.3 Å². The largest absolute Gasteiger partial charge is 0.504 e. The van der Waals surface area contributed by atoms with Crippen molar-refractivity contribution in [3.05, 3.63) is 53.1 Å². The van der Waals surface area contributed by atoms with E-state index in [2.05, 4.69) is 0 Å². The standard InChI is InChI=1S/C19H22F2O3/c1-11(2)14-7-15(20)19(16(21)8-14)24-10-12(3)13-5-6-17(22)18(9-13)23-4/h5-9,11-12,22H,10H2,1-4H3. The minimum absolute atomic E-state index is 0.0337. The van der Waals surface area contributed by atoms with Crippen molar-refractivity contribution in [2.45, 2.75) is 32.6 Å². The Morgan fingerprint density at radius 3 is 2.17 bits per heavy atom. The van der Waals surface area contributed by atoms with Gasteiger partial charge in [-0.15, -0.1) is 0 Å². The van der Waals surface area contributed by atoms with Gasteiger partial charge in [-0.1, -0.05) is 26.8 Å². The van der Waals surface area contributed by atoms with Crippen LogP contribution in [0.1, 0.15) is 43.7 Å². The van der Waals surface area contributed by atoms with E-state index < -0.39 is 11.6 Å². The van der Waals surface area contributed by atoms with Crippen LogP contribution in [-0.2, 0) is 0 Å². The van der Waals surface area contributed by atoms with Gasteiger partial charge in [0.05, 0.1) is 13.7 Å². The second kappa shape index (κ2) is 7.51. The van der Waals surface area contributed by atoms with Crippen molar-refractivity contribution in [3.8, 4) is 17.2 Å². The normalized spacial score (nSPS) is 12.3. The highest BCUT2D eigenvalue weighted by Crippen LogP contribution is 2.31. The number of benzene rings is 2. The third-order valence-corrected chi connectivity index (χ3v) is 3.94. The van der Waals surface area contributed by atoms with E-state index in [1.54, 1.807) is 12.1 Å². The maximum atomic E-state index is 14.1. The second-order valence-corrected chi connectivity index (χ2v) is 6.11. The highest BCUT2D eigenvalue weighted by atomic mass is 19.1. The molecule has 24 heavy (non-hydrogen) atoms. The van der Waals surface area contributed by atoms with E-state index in [4.69, 9.17) is 9.47 Å². The molecular formula is C19H22F2O3. The van der Waals surface area contributed by atoms with E-state index in [9.17, 15) is 13.9 Å². The van der Waals surface area contributed by atoms with E-state index in [0.717, 1.165) is 5.56 Å². The maximum absolute atomic E-state index is 14.1. The molecule has 5 heteroatoms. The Balaban J connectivity index is 2.13. The monoisotopic (exact) mass is 336 g/mol. The molecule has 0 saturated carbocycles. The number of ether oxygens (including phenoxy) is 2. The number of phenols is 1. The summed E-state index contributed by atoms with van der Waals surface area (Å²) in [5.74, 6) is -1.48. The molecule has 2 aromatic carbocycles. The summed E-state index contributed by atoms with van der Waals surface area (Å²) in [6.07, 6.45) is 0. The lowest BCUT2D eigenvalue weighted by molar-refractivity contribution is 0.267. The highest BCUT2D eigenvalue weighted by Gasteiger charge is 2.16. The molecule has 0 saturated heterocycles. The zero-order valence-electron chi connectivity index (χ0n) is 14.3. The summed E-state index contributed by atoms with van der Waals surface area (Å²) in [5.41, 5.74) is 1.43. The summed E-state index contributed by atoms with van der Waals surface area (Å²) in [5, 5.41) is 9.61. The Hall–Kier alpha value is -2.30. The fraction of sp³-hybridized carbons (Fsp3) is 0.368. The average molecular weight is 336 g/mol. The first kappa shape index (κ1) is 18.0. The first-order valence-electron chi connectivity index (χ1n) is 7.82. The molecule has 0 amide bonds. The fourth-order valence-corrected chi connectivity index (χ4v) is 2.36. The molecule has 1 N–H and O–H groups in total. The van der Waals surface area contributed by atoms with E-state index in [-0.39, 0.29) is 29.9 Å². The molecule has 0 heterocycles. The Kier molecular flexibility index (Phi) is 5.65. The van der Waals surface area contributed by atoms with Gasteiger partial charge in [-0.05, 0) is 41.3 Å². The molecule has 2 aromatic rings. The van der Waals surface area contributed by atoms with E-state index >= 15 is 0 Å². The van der Waals surface area contributed by atoms with Gasteiger partial charge in [0.25, 0.3) is 0 Å². The van der Waals surface area contributed by atoms with Gasteiger partial charge in [-0.3, -0.25) is 0 Å². The third kappa shape index (κ3) is 3.96. The van der Waals surface area contributed by atoms with Crippen LogP contribution in [0.4, 0.5) is 8.78 Å². The van der Waals surface area contributed by atoms with Crippen LogP contribution < -0.4 is 9.47 Å². The average Bonchev–Trinajstić information content (AvgIpc) is 2.54. The van der Waals surface area contributed by atoms with Gasteiger partial charge < -0.3 is 14.6 Å². The lowest BCUT2D eigenvalue weighted by atomic mass is 10.0. The molecule has 0 aliphatic carbocycles. The van der Waals surface area contributed by atoms with Gasteiger partial charge in [0, 0.05) is 5.92 Å². The number of hydrogen-bond acceptors (Lipinski definition) is 3. The highest BCUT2D eigenvalue weighted by molar-refractivity contribution is 5.42. The van der Waals surface area contributed by atoms with E-state index in [1.807, 2.05) is 20.8 Å². The minimum Gasteiger partial charge on any atom is -0.504 e. The Morgan fingerprint density at radius 2 is 1.62 bits per heavy atom. The summed E-state index contributed by atoms with van der Waals surface area (Å²) in [6.45, 7) is 5.71. The molecule has 0 fully saturated rings. The first-order valence-corrected chi connectivity index (χ1v) is 7.82. The topological polar surface area (TPSA) is 38.7 Å². The number of rotatable bonds is 6. The summed E-state index contributed by atoms with van der Waals surface area (Å²) in [6, 6.07) is 7.52. The number of methoxy groups -OCH3 is 1. The molecule has 0 radical (unpaired) electrons. The van der Waals surface area contributed by atoms with Crippen molar-refractivity contribution in [1.82, 2.24) is 0 Å². The number of hydrogen-bond donors (Lipinski definition) is 1. The third-order valence-electron chi connectivity index (χ3n) is 3.94. The summed E-state index contributed by atoms with van der Waals surface area (Å²) in [7, 11) is 1.46. The van der Waals surface area contributed by atoms with Crippen molar-refractivity contribution >= 4 is 0 Å². The Bertz CT molecular complexity index is 691.